The predicted molar refractivity (Wildman–Crippen MR) is 128 cm³/mol. The molecule has 3 aliphatic rings. The largest absolute Gasteiger partial charge is 0.482 e. The minimum atomic E-state index is -0.313. The van der Waals surface area contributed by atoms with Crippen LogP contribution < -0.4 is 10.1 Å². The van der Waals surface area contributed by atoms with E-state index in [-0.39, 0.29) is 24.6 Å². The van der Waals surface area contributed by atoms with Gasteiger partial charge in [-0.15, -0.1) is 0 Å². The van der Waals surface area contributed by atoms with Gasteiger partial charge in [-0.25, -0.2) is 4.79 Å². The first-order valence-corrected chi connectivity index (χ1v) is 13.1. The third kappa shape index (κ3) is 7.20. The minimum absolute atomic E-state index is 0.0417. The Kier molecular flexibility index (Phi) is 9.04. The number of amides is 1. The van der Waals surface area contributed by atoms with Crippen molar-refractivity contribution in [2.45, 2.75) is 89.2 Å². The SMILES string of the molecule is O=C(COc1ccc(C(=O)N(CC2CCCCC2)C2CCNCC2)cc1)OC1CCCCC1. The second-order valence-electron chi connectivity index (χ2n) is 10.0. The molecule has 182 valence electrons. The van der Waals surface area contributed by atoms with E-state index in [1.807, 2.05) is 12.1 Å². The molecule has 0 aromatic heterocycles. The molecule has 0 bridgehead atoms. The molecule has 4 rings (SSSR count). The quantitative estimate of drug-likeness (QED) is 0.574. The summed E-state index contributed by atoms with van der Waals surface area (Å²) in [4.78, 5) is 27.8. The lowest BCUT2D eigenvalue weighted by Crippen LogP contribution is -2.48. The molecule has 1 N–H and O–H groups in total. The molecule has 0 atom stereocenters. The van der Waals surface area contributed by atoms with Gasteiger partial charge in [0, 0.05) is 18.2 Å². The van der Waals surface area contributed by atoms with Crippen LogP contribution >= 0.6 is 0 Å². The average molecular weight is 457 g/mol. The molecule has 6 nitrogen and oxygen atoms in total. The molecule has 1 saturated heterocycles. The summed E-state index contributed by atoms with van der Waals surface area (Å²) in [5.74, 6) is 1.02. The third-order valence-corrected chi connectivity index (χ3v) is 7.50. The molecule has 0 spiro atoms. The Morgan fingerprint density at radius 3 is 2.15 bits per heavy atom. The lowest BCUT2D eigenvalue weighted by molar-refractivity contribution is -0.152. The zero-order valence-corrected chi connectivity index (χ0v) is 19.9. The highest BCUT2D eigenvalue weighted by atomic mass is 16.6. The number of hydrogen-bond acceptors (Lipinski definition) is 5. The highest BCUT2D eigenvalue weighted by molar-refractivity contribution is 5.94. The van der Waals surface area contributed by atoms with Gasteiger partial charge in [0.15, 0.2) is 6.61 Å². The fourth-order valence-corrected chi connectivity index (χ4v) is 5.57. The van der Waals surface area contributed by atoms with Gasteiger partial charge in [-0.1, -0.05) is 25.7 Å². The molecule has 0 unspecified atom stereocenters. The van der Waals surface area contributed by atoms with Gasteiger partial charge in [0.1, 0.15) is 11.9 Å². The second kappa shape index (κ2) is 12.4. The highest BCUT2D eigenvalue weighted by Crippen LogP contribution is 2.27. The fourth-order valence-electron chi connectivity index (χ4n) is 5.57. The predicted octanol–water partition coefficient (Wildman–Crippen LogP) is 4.72. The number of carbonyl (C=O) groups excluding carboxylic acids is 2. The molecule has 1 aromatic carbocycles. The van der Waals surface area contributed by atoms with Gasteiger partial charge in [-0.2, -0.15) is 0 Å². The maximum Gasteiger partial charge on any atom is 0.344 e. The Balaban J connectivity index is 1.32. The van der Waals surface area contributed by atoms with E-state index < -0.39 is 0 Å². The Morgan fingerprint density at radius 1 is 0.848 bits per heavy atom. The average Bonchev–Trinajstić information content (AvgIpc) is 2.88. The standard InChI is InChI=1S/C27H40N2O4/c30-26(33-25-9-5-2-6-10-25)20-32-24-13-11-22(12-14-24)27(31)29(23-15-17-28-18-16-23)19-21-7-3-1-4-8-21/h11-14,21,23,25,28H,1-10,15-20H2. The van der Waals surface area contributed by atoms with E-state index in [2.05, 4.69) is 10.2 Å². The first-order chi connectivity index (χ1) is 16.2. The van der Waals surface area contributed by atoms with E-state index >= 15 is 0 Å². The van der Waals surface area contributed by atoms with Crippen LogP contribution in [0.3, 0.4) is 0 Å². The van der Waals surface area contributed by atoms with Crippen LogP contribution in [0.2, 0.25) is 0 Å². The number of ether oxygens (including phenoxy) is 2. The van der Waals surface area contributed by atoms with Gasteiger partial charge < -0.3 is 19.7 Å². The summed E-state index contributed by atoms with van der Waals surface area (Å²) >= 11 is 0. The van der Waals surface area contributed by atoms with Crippen molar-refractivity contribution in [2.24, 2.45) is 5.92 Å². The number of piperidine rings is 1. The van der Waals surface area contributed by atoms with Crippen molar-refractivity contribution in [1.82, 2.24) is 10.2 Å². The van der Waals surface area contributed by atoms with Crippen molar-refractivity contribution in [2.75, 3.05) is 26.2 Å². The van der Waals surface area contributed by atoms with Gasteiger partial charge in [0.25, 0.3) is 5.91 Å². The Morgan fingerprint density at radius 2 is 1.48 bits per heavy atom. The molecule has 33 heavy (non-hydrogen) atoms. The van der Waals surface area contributed by atoms with Crippen molar-refractivity contribution < 1.29 is 19.1 Å². The molecule has 1 heterocycles. The Bertz CT molecular complexity index is 748. The fraction of sp³-hybridized carbons (Fsp3) is 0.704. The first-order valence-electron chi connectivity index (χ1n) is 13.1. The Labute approximate surface area is 198 Å². The number of nitrogens with one attached hydrogen (secondary N) is 1. The van der Waals surface area contributed by atoms with Crippen LogP contribution in [0, 0.1) is 5.92 Å². The molecule has 0 radical (unpaired) electrons. The smallest absolute Gasteiger partial charge is 0.344 e. The van der Waals surface area contributed by atoms with Crippen LogP contribution in [0.25, 0.3) is 0 Å². The minimum Gasteiger partial charge on any atom is -0.482 e. The molecule has 1 aliphatic heterocycles. The van der Waals surface area contributed by atoms with Crippen molar-refractivity contribution >= 4 is 11.9 Å². The molecule has 1 aromatic rings. The summed E-state index contributed by atoms with van der Waals surface area (Å²) in [6, 6.07) is 7.56. The summed E-state index contributed by atoms with van der Waals surface area (Å²) < 4.78 is 11.2. The normalized spacial score (nSPS) is 20.8. The summed E-state index contributed by atoms with van der Waals surface area (Å²) in [5, 5.41) is 3.42. The maximum absolute atomic E-state index is 13.5. The summed E-state index contributed by atoms with van der Waals surface area (Å²) in [6.07, 6.45) is 13.8. The molecule has 2 aliphatic carbocycles. The van der Waals surface area contributed by atoms with Crippen LogP contribution in [0.5, 0.6) is 5.75 Å². The van der Waals surface area contributed by atoms with Gasteiger partial charge in [0.2, 0.25) is 0 Å². The molecule has 2 saturated carbocycles. The highest BCUT2D eigenvalue weighted by Gasteiger charge is 2.29. The first kappa shape index (κ1) is 24.1. The maximum atomic E-state index is 13.5. The number of benzene rings is 1. The number of carbonyl (C=O) groups is 2. The molecule has 1 amide bonds. The van der Waals surface area contributed by atoms with Crippen LogP contribution in [0.1, 0.15) is 87.4 Å². The molecule has 3 fully saturated rings. The van der Waals surface area contributed by atoms with Crippen LogP contribution in [0.15, 0.2) is 24.3 Å². The van der Waals surface area contributed by atoms with Gasteiger partial charge in [0.05, 0.1) is 0 Å². The van der Waals surface area contributed by atoms with E-state index in [4.69, 9.17) is 9.47 Å². The molecular weight excluding hydrogens is 416 g/mol. The van der Waals surface area contributed by atoms with E-state index in [9.17, 15) is 9.59 Å². The van der Waals surface area contributed by atoms with Gasteiger partial charge >= 0.3 is 5.97 Å². The number of hydrogen-bond donors (Lipinski definition) is 1. The zero-order chi connectivity index (χ0) is 22.9. The molecule has 6 heteroatoms. The monoisotopic (exact) mass is 456 g/mol. The van der Waals surface area contributed by atoms with Gasteiger partial charge in [-0.05, 0) is 94.6 Å². The van der Waals surface area contributed by atoms with E-state index in [1.165, 1.54) is 38.5 Å². The van der Waals surface area contributed by atoms with Crippen LogP contribution in [-0.2, 0) is 9.53 Å². The lowest BCUT2D eigenvalue weighted by Gasteiger charge is -2.38. The van der Waals surface area contributed by atoms with E-state index in [0.29, 0.717) is 23.3 Å². The summed E-state index contributed by atoms with van der Waals surface area (Å²) in [6.45, 7) is 2.73. The lowest BCUT2D eigenvalue weighted by atomic mass is 9.88. The van der Waals surface area contributed by atoms with E-state index in [0.717, 1.165) is 58.2 Å². The molecular formula is C27H40N2O4. The van der Waals surface area contributed by atoms with E-state index in [1.54, 1.807) is 12.1 Å². The number of rotatable bonds is 8. The zero-order valence-electron chi connectivity index (χ0n) is 19.9. The summed E-state index contributed by atoms with van der Waals surface area (Å²) in [5.41, 5.74) is 0.696. The van der Waals surface area contributed by atoms with Crippen LogP contribution in [-0.4, -0.2) is 55.2 Å². The van der Waals surface area contributed by atoms with Gasteiger partial charge in [-0.3, -0.25) is 4.79 Å². The van der Waals surface area contributed by atoms with Crippen molar-refractivity contribution in [3.63, 3.8) is 0 Å². The van der Waals surface area contributed by atoms with Crippen molar-refractivity contribution in [3.8, 4) is 5.75 Å². The van der Waals surface area contributed by atoms with Crippen molar-refractivity contribution in [1.29, 1.82) is 0 Å². The summed E-state index contributed by atoms with van der Waals surface area (Å²) in [7, 11) is 0. The Hall–Kier alpha value is -2.08. The topological polar surface area (TPSA) is 67.9 Å². The second-order valence-corrected chi connectivity index (χ2v) is 10.0. The van der Waals surface area contributed by atoms with Crippen molar-refractivity contribution in [3.05, 3.63) is 29.8 Å². The third-order valence-electron chi connectivity index (χ3n) is 7.50. The number of nitrogens with zero attached hydrogens (tertiary/aromatic N) is 1. The number of esters is 1. The van der Waals surface area contributed by atoms with Crippen LogP contribution in [0.4, 0.5) is 0 Å².